The molecule has 1 aromatic carbocycles. The van der Waals surface area contributed by atoms with Crippen LogP contribution in [0.5, 0.6) is 0 Å². The summed E-state index contributed by atoms with van der Waals surface area (Å²) in [6.45, 7) is 2.05. The quantitative estimate of drug-likeness (QED) is 0.864. The fourth-order valence-electron chi connectivity index (χ4n) is 2.46. The molecule has 5 heteroatoms. The van der Waals surface area contributed by atoms with Gasteiger partial charge in [0.15, 0.2) is 5.11 Å². The maximum absolute atomic E-state index is 6.15. The van der Waals surface area contributed by atoms with Crippen LogP contribution < -0.4 is 5.32 Å². The van der Waals surface area contributed by atoms with E-state index in [1.165, 1.54) is 12.8 Å². The SMILES string of the molecule is CN(C)CC1CCCN1C(=S)Nc1ccccc1Cl. The molecule has 1 unspecified atom stereocenters. The van der Waals surface area contributed by atoms with Crippen LogP contribution in [0.15, 0.2) is 24.3 Å². The number of nitrogens with one attached hydrogen (secondary N) is 1. The lowest BCUT2D eigenvalue weighted by atomic mass is 10.2. The van der Waals surface area contributed by atoms with Gasteiger partial charge in [-0.3, -0.25) is 0 Å². The van der Waals surface area contributed by atoms with Gasteiger partial charge in [0.1, 0.15) is 0 Å². The lowest BCUT2D eigenvalue weighted by Crippen LogP contribution is -2.43. The zero-order valence-corrected chi connectivity index (χ0v) is 13.0. The van der Waals surface area contributed by atoms with Gasteiger partial charge < -0.3 is 15.1 Å². The summed E-state index contributed by atoms with van der Waals surface area (Å²) in [6.07, 6.45) is 2.39. The van der Waals surface area contributed by atoms with Crippen LogP contribution in [-0.4, -0.2) is 48.1 Å². The molecule has 0 bridgehead atoms. The molecule has 1 aromatic rings. The molecule has 0 saturated carbocycles. The molecular formula is C14H20ClN3S. The maximum Gasteiger partial charge on any atom is 0.173 e. The summed E-state index contributed by atoms with van der Waals surface area (Å²) in [5.74, 6) is 0. The van der Waals surface area contributed by atoms with E-state index in [0.29, 0.717) is 11.1 Å². The summed E-state index contributed by atoms with van der Waals surface area (Å²) >= 11 is 11.7. The molecule has 3 nitrogen and oxygen atoms in total. The van der Waals surface area contributed by atoms with Crippen molar-refractivity contribution in [2.24, 2.45) is 0 Å². The van der Waals surface area contributed by atoms with E-state index in [-0.39, 0.29) is 0 Å². The molecular weight excluding hydrogens is 278 g/mol. The van der Waals surface area contributed by atoms with Gasteiger partial charge in [-0.15, -0.1) is 0 Å². The molecule has 1 aliphatic rings. The number of thiocarbonyl (C=S) groups is 1. The van der Waals surface area contributed by atoms with Crippen LogP contribution in [0.4, 0.5) is 5.69 Å². The number of hydrogen-bond acceptors (Lipinski definition) is 2. The highest BCUT2D eigenvalue weighted by molar-refractivity contribution is 7.80. The number of anilines is 1. The van der Waals surface area contributed by atoms with Gasteiger partial charge >= 0.3 is 0 Å². The largest absolute Gasteiger partial charge is 0.345 e. The lowest BCUT2D eigenvalue weighted by molar-refractivity contribution is 0.288. The average Bonchev–Trinajstić information content (AvgIpc) is 2.79. The zero-order chi connectivity index (χ0) is 13.8. The van der Waals surface area contributed by atoms with Crippen molar-refractivity contribution in [3.63, 3.8) is 0 Å². The van der Waals surface area contributed by atoms with Crippen molar-refractivity contribution < 1.29 is 0 Å². The normalized spacial score (nSPS) is 18.9. The van der Waals surface area contributed by atoms with Gasteiger partial charge in [0.05, 0.1) is 10.7 Å². The number of rotatable bonds is 3. The van der Waals surface area contributed by atoms with E-state index in [1.54, 1.807) is 0 Å². The standard InChI is InChI=1S/C14H20ClN3S/c1-17(2)10-11-6-5-9-18(11)14(19)16-13-8-4-3-7-12(13)15/h3-4,7-8,11H,5-6,9-10H2,1-2H3,(H,16,19). The first-order valence-corrected chi connectivity index (χ1v) is 7.33. The Labute approximate surface area is 125 Å². The minimum absolute atomic E-state index is 0.498. The number of likely N-dealkylation sites (tertiary alicyclic amines) is 1. The van der Waals surface area contributed by atoms with Crippen LogP contribution in [0.1, 0.15) is 12.8 Å². The minimum Gasteiger partial charge on any atom is -0.345 e. The summed E-state index contributed by atoms with van der Waals surface area (Å²) in [4.78, 5) is 4.49. The van der Waals surface area contributed by atoms with E-state index in [2.05, 4.69) is 29.2 Å². The summed E-state index contributed by atoms with van der Waals surface area (Å²) < 4.78 is 0. The van der Waals surface area contributed by atoms with Crippen LogP contribution in [0, 0.1) is 0 Å². The Hall–Kier alpha value is -0.840. The number of hydrogen-bond donors (Lipinski definition) is 1. The van der Waals surface area contributed by atoms with Crippen molar-refractivity contribution in [1.29, 1.82) is 0 Å². The average molecular weight is 298 g/mol. The molecule has 1 atom stereocenters. The van der Waals surface area contributed by atoms with Crippen molar-refractivity contribution in [3.8, 4) is 0 Å². The van der Waals surface area contributed by atoms with Crippen LogP contribution in [-0.2, 0) is 0 Å². The van der Waals surface area contributed by atoms with Crippen LogP contribution in [0.2, 0.25) is 5.02 Å². The van der Waals surface area contributed by atoms with Gasteiger partial charge in [-0.1, -0.05) is 23.7 Å². The van der Waals surface area contributed by atoms with Crippen molar-refractivity contribution in [1.82, 2.24) is 9.80 Å². The summed E-state index contributed by atoms with van der Waals surface area (Å²) in [5, 5.41) is 4.74. The fourth-order valence-corrected chi connectivity index (χ4v) is 3.00. The topological polar surface area (TPSA) is 18.5 Å². The second kappa shape index (κ2) is 6.55. The summed E-state index contributed by atoms with van der Waals surface area (Å²) in [6, 6.07) is 8.19. The van der Waals surface area contributed by atoms with Gasteiger partial charge in [-0.2, -0.15) is 0 Å². The molecule has 19 heavy (non-hydrogen) atoms. The van der Waals surface area contributed by atoms with Gasteiger partial charge in [0, 0.05) is 19.1 Å². The Bertz CT molecular complexity index is 450. The van der Waals surface area contributed by atoms with E-state index in [9.17, 15) is 0 Å². The molecule has 1 aliphatic heterocycles. The van der Waals surface area contributed by atoms with Crippen molar-refractivity contribution >= 4 is 34.6 Å². The van der Waals surface area contributed by atoms with Gasteiger partial charge in [-0.05, 0) is 51.3 Å². The Morgan fingerprint density at radius 1 is 1.47 bits per heavy atom. The van der Waals surface area contributed by atoms with E-state index in [1.807, 2.05) is 24.3 Å². The molecule has 0 aromatic heterocycles. The minimum atomic E-state index is 0.498. The van der Waals surface area contributed by atoms with Crippen molar-refractivity contribution in [3.05, 3.63) is 29.3 Å². The predicted molar refractivity (Wildman–Crippen MR) is 86.0 cm³/mol. The van der Waals surface area contributed by atoms with Crippen LogP contribution >= 0.6 is 23.8 Å². The molecule has 1 heterocycles. The number of likely N-dealkylation sites (N-methyl/N-ethyl adjacent to an activating group) is 1. The first-order chi connectivity index (χ1) is 9.08. The van der Waals surface area contributed by atoms with Gasteiger partial charge in [0.2, 0.25) is 0 Å². The van der Waals surface area contributed by atoms with E-state index < -0.39 is 0 Å². The Morgan fingerprint density at radius 2 is 2.21 bits per heavy atom. The highest BCUT2D eigenvalue weighted by atomic mass is 35.5. The Morgan fingerprint density at radius 3 is 2.89 bits per heavy atom. The first kappa shape index (κ1) is 14.6. The summed E-state index contributed by atoms with van der Waals surface area (Å²) in [5.41, 5.74) is 0.879. The smallest absolute Gasteiger partial charge is 0.173 e. The number of para-hydroxylation sites is 1. The second-order valence-electron chi connectivity index (χ2n) is 5.16. The maximum atomic E-state index is 6.15. The number of benzene rings is 1. The van der Waals surface area contributed by atoms with Crippen molar-refractivity contribution in [2.75, 3.05) is 32.5 Å². The molecule has 104 valence electrons. The third kappa shape index (κ3) is 3.81. The zero-order valence-electron chi connectivity index (χ0n) is 11.4. The molecule has 1 saturated heterocycles. The van der Waals surface area contributed by atoms with E-state index in [4.69, 9.17) is 23.8 Å². The number of nitrogens with zero attached hydrogens (tertiary/aromatic N) is 2. The second-order valence-corrected chi connectivity index (χ2v) is 5.96. The highest BCUT2D eigenvalue weighted by Crippen LogP contribution is 2.23. The van der Waals surface area contributed by atoms with Crippen molar-refractivity contribution in [2.45, 2.75) is 18.9 Å². The lowest BCUT2D eigenvalue weighted by Gasteiger charge is -2.29. The molecule has 0 radical (unpaired) electrons. The third-order valence-electron chi connectivity index (χ3n) is 3.33. The Kier molecular flexibility index (Phi) is 5.02. The first-order valence-electron chi connectivity index (χ1n) is 6.55. The Balaban J connectivity index is 2.01. The van der Waals surface area contributed by atoms with E-state index >= 15 is 0 Å². The van der Waals surface area contributed by atoms with Crippen LogP contribution in [0.25, 0.3) is 0 Å². The highest BCUT2D eigenvalue weighted by Gasteiger charge is 2.27. The molecule has 1 N–H and O–H groups in total. The third-order valence-corrected chi connectivity index (χ3v) is 4.00. The fraction of sp³-hybridized carbons (Fsp3) is 0.500. The van der Waals surface area contributed by atoms with Crippen LogP contribution in [0.3, 0.4) is 0 Å². The summed E-state index contributed by atoms with van der Waals surface area (Å²) in [7, 11) is 4.20. The molecule has 1 fully saturated rings. The monoisotopic (exact) mass is 297 g/mol. The molecule has 0 aliphatic carbocycles. The molecule has 2 rings (SSSR count). The van der Waals surface area contributed by atoms with E-state index in [0.717, 1.165) is 23.9 Å². The predicted octanol–water partition coefficient (Wildman–Crippen LogP) is 3.06. The molecule has 0 spiro atoms. The number of halogens is 1. The van der Waals surface area contributed by atoms with Gasteiger partial charge in [0.25, 0.3) is 0 Å². The van der Waals surface area contributed by atoms with Gasteiger partial charge in [-0.25, -0.2) is 0 Å². The molecule has 0 amide bonds.